The predicted octanol–water partition coefficient (Wildman–Crippen LogP) is 2.35. The van der Waals surface area contributed by atoms with Crippen molar-refractivity contribution in [2.24, 2.45) is 4.99 Å². The molecular formula is C19H32N4O. The molecule has 0 unspecified atom stereocenters. The van der Waals surface area contributed by atoms with Crippen LogP contribution in [0.25, 0.3) is 0 Å². The molecule has 0 atom stereocenters. The van der Waals surface area contributed by atoms with E-state index in [1.807, 2.05) is 20.8 Å². The summed E-state index contributed by atoms with van der Waals surface area (Å²) in [5.41, 5.74) is 2.30. The lowest BCUT2D eigenvalue weighted by molar-refractivity contribution is -0.121. The summed E-state index contributed by atoms with van der Waals surface area (Å²) in [4.78, 5) is 16.1. The van der Waals surface area contributed by atoms with Gasteiger partial charge >= 0.3 is 0 Å². The molecule has 1 aromatic rings. The summed E-state index contributed by atoms with van der Waals surface area (Å²) in [5.74, 6) is 0.573. The highest BCUT2D eigenvalue weighted by Crippen LogP contribution is 2.25. The van der Waals surface area contributed by atoms with Crippen LogP contribution in [0.15, 0.2) is 29.3 Å². The van der Waals surface area contributed by atoms with Gasteiger partial charge in [-0.25, -0.2) is 0 Å². The molecule has 3 N–H and O–H groups in total. The largest absolute Gasteiger partial charge is 0.356 e. The number of hydrogen-bond donors (Lipinski definition) is 3. The van der Waals surface area contributed by atoms with Gasteiger partial charge in [0.25, 0.3) is 0 Å². The molecule has 0 saturated heterocycles. The third kappa shape index (κ3) is 6.60. The molecule has 0 bridgehead atoms. The van der Waals surface area contributed by atoms with E-state index in [1.54, 1.807) is 7.05 Å². The van der Waals surface area contributed by atoms with E-state index in [4.69, 9.17) is 0 Å². The summed E-state index contributed by atoms with van der Waals surface area (Å²) >= 11 is 0. The fourth-order valence-electron chi connectivity index (χ4n) is 2.58. The summed E-state index contributed by atoms with van der Waals surface area (Å²) in [6.45, 7) is 13.3. The number of aliphatic imine (C=N–C) groups is 1. The first-order chi connectivity index (χ1) is 11.0. The minimum Gasteiger partial charge on any atom is -0.356 e. The maximum absolute atomic E-state index is 11.9. The third-order valence-corrected chi connectivity index (χ3v) is 3.73. The number of nitrogens with zero attached hydrogens (tertiary/aromatic N) is 1. The maximum atomic E-state index is 11.9. The van der Waals surface area contributed by atoms with Crippen molar-refractivity contribution in [3.05, 3.63) is 35.4 Å². The third-order valence-electron chi connectivity index (χ3n) is 3.73. The van der Waals surface area contributed by atoms with E-state index in [0.29, 0.717) is 5.96 Å². The zero-order chi connectivity index (χ0) is 18.4. The number of carbonyl (C=O) groups excluding carboxylic acids is 1. The van der Waals surface area contributed by atoms with Gasteiger partial charge in [-0.2, -0.15) is 0 Å². The van der Waals surface area contributed by atoms with Gasteiger partial charge in [-0.3, -0.25) is 9.79 Å². The molecule has 24 heavy (non-hydrogen) atoms. The van der Waals surface area contributed by atoms with E-state index in [9.17, 15) is 4.79 Å². The van der Waals surface area contributed by atoms with Crippen LogP contribution in [0.2, 0.25) is 0 Å². The standard InChI is InChI=1S/C19H32N4O/c1-14-10-8-9-11-15(14)19(5,6)13-22-17(20-7)21-12-16(24)23-18(2,3)4/h8-11H,12-13H2,1-7H3,(H,23,24)(H2,20,21,22). The van der Waals surface area contributed by atoms with Gasteiger partial charge in [-0.05, 0) is 38.8 Å². The van der Waals surface area contributed by atoms with Crippen LogP contribution in [-0.2, 0) is 10.2 Å². The van der Waals surface area contributed by atoms with Crippen molar-refractivity contribution < 1.29 is 4.79 Å². The molecule has 1 rings (SSSR count). The highest BCUT2D eigenvalue weighted by Gasteiger charge is 2.22. The van der Waals surface area contributed by atoms with Crippen LogP contribution in [0.3, 0.4) is 0 Å². The number of amides is 1. The Labute approximate surface area is 146 Å². The lowest BCUT2D eigenvalue weighted by atomic mass is 9.82. The average molecular weight is 332 g/mol. The summed E-state index contributed by atoms with van der Waals surface area (Å²) in [7, 11) is 1.71. The molecule has 0 radical (unpaired) electrons. The number of guanidine groups is 1. The molecular weight excluding hydrogens is 300 g/mol. The lowest BCUT2D eigenvalue weighted by Gasteiger charge is -2.28. The normalized spacial score (nSPS) is 12.7. The van der Waals surface area contributed by atoms with Gasteiger partial charge in [0.2, 0.25) is 5.91 Å². The molecule has 0 aliphatic carbocycles. The number of rotatable bonds is 5. The summed E-state index contributed by atoms with van der Waals surface area (Å²) in [6.07, 6.45) is 0. The van der Waals surface area contributed by atoms with E-state index >= 15 is 0 Å². The zero-order valence-corrected chi connectivity index (χ0v) is 16.1. The van der Waals surface area contributed by atoms with Crippen LogP contribution in [0.4, 0.5) is 0 Å². The monoisotopic (exact) mass is 332 g/mol. The quantitative estimate of drug-likeness (QED) is 0.573. The lowest BCUT2D eigenvalue weighted by Crippen LogP contribution is -2.49. The smallest absolute Gasteiger partial charge is 0.239 e. The number of carbonyl (C=O) groups is 1. The molecule has 0 fully saturated rings. The molecule has 0 aliphatic heterocycles. The molecule has 0 aromatic heterocycles. The number of nitrogens with one attached hydrogen (secondary N) is 3. The molecule has 134 valence electrons. The number of hydrogen-bond acceptors (Lipinski definition) is 2. The van der Waals surface area contributed by atoms with E-state index in [2.05, 4.69) is 66.0 Å². The summed E-state index contributed by atoms with van der Waals surface area (Å²) in [6, 6.07) is 8.40. The Morgan fingerprint density at radius 2 is 1.71 bits per heavy atom. The second-order valence-corrected chi connectivity index (χ2v) is 7.78. The Balaban J connectivity index is 2.58. The Kier molecular flexibility index (Phi) is 6.81. The van der Waals surface area contributed by atoms with Crippen LogP contribution in [0, 0.1) is 6.92 Å². The van der Waals surface area contributed by atoms with Crippen molar-refractivity contribution in [2.45, 2.75) is 52.5 Å². The second-order valence-electron chi connectivity index (χ2n) is 7.78. The van der Waals surface area contributed by atoms with Gasteiger partial charge < -0.3 is 16.0 Å². The van der Waals surface area contributed by atoms with Gasteiger partial charge in [0.1, 0.15) is 0 Å². The maximum Gasteiger partial charge on any atom is 0.239 e. The first-order valence-electron chi connectivity index (χ1n) is 8.37. The Morgan fingerprint density at radius 3 is 2.25 bits per heavy atom. The van der Waals surface area contributed by atoms with Crippen LogP contribution in [0.5, 0.6) is 0 Å². The van der Waals surface area contributed by atoms with Crippen molar-refractivity contribution in [2.75, 3.05) is 20.1 Å². The van der Waals surface area contributed by atoms with Crippen molar-refractivity contribution in [1.82, 2.24) is 16.0 Å². The molecule has 1 aromatic carbocycles. The van der Waals surface area contributed by atoms with Gasteiger partial charge in [-0.15, -0.1) is 0 Å². The van der Waals surface area contributed by atoms with Gasteiger partial charge in [0.05, 0.1) is 6.54 Å². The molecule has 0 saturated carbocycles. The first-order valence-corrected chi connectivity index (χ1v) is 8.37. The Bertz CT molecular complexity index is 585. The molecule has 0 aliphatic rings. The molecule has 1 amide bonds. The fourth-order valence-corrected chi connectivity index (χ4v) is 2.58. The van der Waals surface area contributed by atoms with Gasteiger partial charge in [0.15, 0.2) is 5.96 Å². The van der Waals surface area contributed by atoms with Crippen molar-refractivity contribution in [3.8, 4) is 0 Å². The zero-order valence-electron chi connectivity index (χ0n) is 16.1. The van der Waals surface area contributed by atoms with Crippen LogP contribution >= 0.6 is 0 Å². The second kappa shape index (κ2) is 8.18. The van der Waals surface area contributed by atoms with Crippen LogP contribution < -0.4 is 16.0 Å². The Hall–Kier alpha value is -2.04. The van der Waals surface area contributed by atoms with Crippen molar-refractivity contribution >= 4 is 11.9 Å². The van der Waals surface area contributed by atoms with Crippen LogP contribution in [-0.4, -0.2) is 37.5 Å². The van der Waals surface area contributed by atoms with Crippen molar-refractivity contribution in [3.63, 3.8) is 0 Å². The minimum absolute atomic E-state index is 0.0450. The summed E-state index contributed by atoms with van der Waals surface area (Å²) < 4.78 is 0. The number of benzene rings is 1. The fraction of sp³-hybridized carbons (Fsp3) is 0.579. The molecule has 5 nitrogen and oxygen atoms in total. The van der Waals surface area contributed by atoms with E-state index in [-0.39, 0.29) is 23.4 Å². The van der Waals surface area contributed by atoms with E-state index < -0.39 is 0 Å². The molecule has 0 spiro atoms. The summed E-state index contributed by atoms with van der Waals surface area (Å²) in [5, 5.41) is 9.29. The van der Waals surface area contributed by atoms with Crippen molar-refractivity contribution in [1.29, 1.82) is 0 Å². The van der Waals surface area contributed by atoms with E-state index in [1.165, 1.54) is 11.1 Å². The predicted molar refractivity (Wildman–Crippen MR) is 101 cm³/mol. The van der Waals surface area contributed by atoms with Gasteiger partial charge in [-0.1, -0.05) is 38.1 Å². The molecule has 5 heteroatoms. The Morgan fingerprint density at radius 1 is 1.08 bits per heavy atom. The first kappa shape index (κ1) is 20.0. The highest BCUT2D eigenvalue weighted by molar-refractivity contribution is 5.86. The highest BCUT2D eigenvalue weighted by atomic mass is 16.2. The van der Waals surface area contributed by atoms with Crippen LogP contribution in [0.1, 0.15) is 45.7 Å². The minimum atomic E-state index is -0.234. The van der Waals surface area contributed by atoms with Gasteiger partial charge in [0, 0.05) is 24.5 Å². The number of aryl methyl sites for hydroxylation is 1. The SMILES string of the molecule is CN=C(NCC(=O)NC(C)(C)C)NCC(C)(C)c1ccccc1C. The topological polar surface area (TPSA) is 65.5 Å². The van der Waals surface area contributed by atoms with E-state index in [0.717, 1.165) is 6.54 Å². The molecule has 0 heterocycles. The average Bonchev–Trinajstić information content (AvgIpc) is 2.45.